The van der Waals surface area contributed by atoms with Crippen LogP contribution in [-0.4, -0.2) is 22.4 Å². The lowest BCUT2D eigenvalue weighted by Crippen LogP contribution is -2.62. The van der Waals surface area contributed by atoms with Crippen molar-refractivity contribution in [2.24, 2.45) is 52.3 Å². The summed E-state index contributed by atoms with van der Waals surface area (Å²) in [5.41, 5.74) is 0.769. The van der Waals surface area contributed by atoms with E-state index in [2.05, 4.69) is 34.6 Å². The van der Waals surface area contributed by atoms with Gasteiger partial charge in [0.05, 0.1) is 12.2 Å². The molecule has 5 unspecified atom stereocenters. The van der Waals surface area contributed by atoms with Gasteiger partial charge in [-0.05, 0) is 97.2 Å². The second-order valence-electron chi connectivity index (χ2n) is 11.9. The standard InChI is InChI=1S/C26H46O2/c1-6-8-16(3)19-9-10-20-23-21(12-14-25(19,20)4)26(5)13-11-17(27)15-22(26)18(7-2)24(23)28/h16-24,27-28H,6-15H2,1-5H3/t16?,17-,18-,19?,20?,21?,22+,23?,24-,25-,26-/m1/s1. The van der Waals surface area contributed by atoms with Crippen LogP contribution in [0.2, 0.25) is 0 Å². The van der Waals surface area contributed by atoms with E-state index >= 15 is 0 Å². The first-order valence-corrected chi connectivity index (χ1v) is 12.6. The van der Waals surface area contributed by atoms with E-state index in [1.165, 1.54) is 44.9 Å². The molecule has 28 heavy (non-hydrogen) atoms. The van der Waals surface area contributed by atoms with Crippen molar-refractivity contribution < 1.29 is 10.2 Å². The molecule has 0 aromatic heterocycles. The Kier molecular flexibility index (Phi) is 5.71. The summed E-state index contributed by atoms with van der Waals surface area (Å²) in [5.74, 6) is 4.45. The highest BCUT2D eigenvalue weighted by atomic mass is 16.3. The molecule has 0 aliphatic heterocycles. The largest absolute Gasteiger partial charge is 0.393 e. The van der Waals surface area contributed by atoms with Crippen molar-refractivity contribution in [2.75, 3.05) is 0 Å². The van der Waals surface area contributed by atoms with Crippen LogP contribution in [0.1, 0.15) is 98.8 Å². The van der Waals surface area contributed by atoms with E-state index in [1.54, 1.807) is 0 Å². The van der Waals surface area contributed by atoms with Crippen LogP contribution in [-0.2, 0) is 0 Å². The first kappa shape index (κ1) is 21.2. The molecule has 4 aliphatic carbocycles. The Morgan fingerprint density at radius 3 is 2.25 bits per heavy atom. The lowest BCUT2D eigenvalue weighted by molar-refractivity contribution is -0.203. The number of fused-ring (bicyclic) bond motifs is 5. The topological polar surface area (TPSA) is 40.5 Å². The molecule has 4 rings (SSSR count). The van der Waals surface area contributed by atoms with Gasteiger partial charge in [-0.15, -0.1) is 0 Å². The van der Waals surface area contributed by atoms with E-state index < -0.39 is 0 Å². The molecule has 0 aromatic rings. The Balaban J connectivity index is 1.67. The maximum atomic E-state index is 11.7. The summed E-state index contributed by atoms with van der Waals surface area (Å²) < 4.78 is 0. The Hall–Kier alpha value is -0.0800. The molecular formula is C26H46O2. The van der Waals surface area contributed by atoms with Crippen molar-refractivity contribution in [3.8, 4) is 0 Å². The summed E-state index contributed by atoms with van der Waals surface area (Å²) in [4.78, 5) is 0. The van der Waals surface area contributed by atoms with Gasteiger partial charge in [0.2, 0.25) is 0 Å². The van der Waals surface area contributed by atoms with Gasteiger partial charge in [-0.1, -0.05) is 53.9 Å². The van der Waals surface area contributed by atoms with Crippen LogP contribution < -0.4 is 0 Å². The molecule has 4 fully saturated rings. The molecule has 11 atom stereocenters. The second-order valence-corrected chi connectivity index (χ2v) is 11.9. The molecule has 2 N–H and O–H groups in total. The second kappa shape index (κ2) is 7.56. The fourth-order valence-corrected chi connectivity index (χ4v) is 9.59. The highest BCUT2D eigenvalue weighted by Gasteiger charge is 2.64. The van der Waals surface area contributed by atoms with Crippen LogP contribution in [0.25, 0.3) is 0 Å². The van der Waals surface area contributed by atoms with Gasteiger partial charge in [-0.25, -0.2) is 0 Å². The van der Waals surface area contributed by atoms with Crippen molar-refractivity contribution >= 4 is 0 Å². The molecule has 4 saturated carbocycles. The maximum absolute atomic E-state index is 11.7. The lowest BCUT2D eigenvalue weighted by Gasteiger charge is -2.64. The summed E-state index contributed by atoms with van der Waals surface area (Å²) in [7, 11) is 0. The summed E-state index contributed by atoms with van der Waals surface area (Å²) in [6.07, 6.45) is 11.9. The van der Waals surface area contributed by atoms with Gasteiger partial charge in [0.25, 0.3) is 0 Å². The van der Waals surface area contributed by atoms with Crippen molar-refractivity contribution in [3.05, 3.63) is 0 Å². The van der Waals surface area contributed by atoms with Crippen LogP contribution in [0, 0.1) is 52.3 Å². The molecule has 0 heterocycles. The molecule has 0 bridgehead atoms. The number of rotatable bonds is 4. The third kappa shape index (κ3) is 2.95. The fourth-order valence-electron chi connectivity index (χ4n) is 9.59. The van der Waals surface area contributed by atoms with Gasteiger partial charge in [0.15, 0.2) is 0 Å². The lowest BCUT2D eigenvalue weighted by atomic mass is 9.41. The molecular weight excluding hydrogens is 344 g/mol. The molecule has 2 heteroatoms. The van der Waals surface area contributed by atoms with Crippen molar-refractivity contribution in [1.29, 1.82) is 0 Å². The normalized spacial score (nSPS) is 54.5. The molecule has 0 amide bonds. The molecule has 0 radical (unpaired) electrons. The number of aliphatic hydroxyl groups excluding tert-OH is 2. The Labute approximate surface area is 173 Å². The Bertz CT molecular complexity index is 561. The third-order valence-corrected chi connectivity index (χ3v) is 10.9. The third-order valence-electron chi connectivity index (χ3n) is 10.9. The highest BCUT2D eigenvalue weighted by molar-refractivity contribution is 5.13. The summed E-state index contributed by atoms with van der Waals surface area (Å²) >= 11 is 0. The van der Waals surface area contributed by atoms with Crippen LogP contribution >= 0.6 is 0 Å². The summed E-state index contributed by atoms with van der Waals surface area (Å²) in [6.45, 7) is 12.3. The zero-order valence-electron chi connectivity index (χ0n) is 19.2. The van der Waals surface area contributed by atoms with Gasteiger partial charge in [0, 0.05) is 0 Å². The average Bonchev–Trinajstić information content (AvgIpc) is 3.01. The van der Waals surface area contributed by atoms with Gasteiger partial charge in [-0.3, -0.25) is 0 Å². The van der Waals surface area contributed by atoms with E-state index in [9.17, 15) is 10.2 Å². The number of aliphatic hydroxyl groups is 2. The Morgan fingerprint density at radius 1 is 0.893 bits per heavy atom. The summed E-state index contributed by atoms with van der Waals surface area (Å²) in [6, 6.07) is 0. The van der Waals surface area contributed by atoms with Crippen LogP contribution in [0.3, 0.4) is 0 Å². The van der Waals surface area contributed by atoms with Crippen molar-refractivity contribution in [3.63, 3.8) is 0 Å². The molecule has 162 valence electrons. The smallest absolute Gasteiger partial charge is 0.0605 e. The number of hydrogen-bond donors (Lipinski definition) is 2. The van der Waals surface area contributed by atoms with Gasteiger partial charge < -0.3 is 10.2 Å². The average molecular weight is 391 g/mol. The van der Waals surface area contributed by atoms with Gasteiger partial charge >= 0.3 is 0 Å². The van der Waals surface area contributed by atoms with E-state index in [0.717, 1.165) is 31.1 Å². The Morgan fingerprint density at radius 2 is 1.57 bits per heavy atom. The molecule has 0 aromatic carbocycles. The molecule has 0 spiro atoms. The first-order chi connectivity index (χ1) is 13.3. The van der Waals surface area contributed by atoms with Crippen LogP contribution in [0.4, 0.5) is 0 Å². The molecule has 0 saturated heterocycles. The zero-order chi connectivity index (χ0) is 20.3. The highest BCUT2D eigenvalue weighted by Crippen LogP contribution is 2.69. The minimum Gasteiger partial charge on any atom is -0.393 e. The van der Waals surface area contributed by atoms with Gasteiger partial charge in [-0.2, -0.15) is 0 Å². The summed E-state index contributed by atoms with van der Waals surface area (Å²) in [5, 5.41) is 22.1. The minimum atomic E-state index is -0.150. The van der Waals surface area contributed by atoms with E-state index in [0.29, 0.717) is 40.4 Å². The SMILES string of the molecule is CCCC(C)C1CCC2C3C(CC[C@]12C)[C@@]1(C)CC[C@@H](O)C[C@H]1[C@@H](CC)[C@H]3O. The van der Waals surface area contributed by atoms with Gasteiger partial charge in [0.1, 0.15) is 0 Å². The van der Waals surface area contributed by atoms with E-state index in [-0.39, 0.29) is 12.2 Å². The van der Waals surface area contributed by atoms with Crippen molar-refractivity contribution in [1.82, 2.24) is 0 Å². The monoisotopic (exact) mass is 390 g/mol. The van der Waals surface area contributed by atoms with Crippen LogP contribution in [0.15, 0.2) is 0 Å². The van der Waals surface area contributed by atoms with Crippen molar-refractivity contribution in [2.45, 2.75) is 111 Å². The number of hydrogen-bond acceptors (Lipinski definition) is 2. The quantitative estimate of drug-likeness (QED) is 0.613. The maximum Gasteiger partial charge on any atom is 0.0605 e. The minimum absolute atomic E-state index is 0.143. The van der Waals surface area contributed by atoms with E-state index in [1.807, 2.05) is 0 Å². The molecule has 2 nitrogen and oxygen atoms in total. The predicted octanol–water partition coefficient (Wildman–Crippen LogP) is 6.05. The van der Waals surface area contributed by atoms with E-state index in [4.69, 9.17) is 0 Å². The fraction of sp³-hybridized carbons (Fsp3) is 1.00. The first-order valence-electron chi connectivity index (χ1n) is 12.6. The predicted molar refractivity (Wildman–Crippen MR) is 116 cm³/mol. The van der Waals surface area contributed by atoms with Crippen LogP contribution in [0.5, 0.6) is 0 Å². The zero-order valence-corrected chi connectivity index (χ0v) is 19.2. The molecule has 4 aliphatic rings.